The van der Waals surface area contributed by atoms with Gasteiger partial charge in [0.15, 0.2) is 18.2 Å². The van der Waals surface area contributed by atoms with Crippen LogP contribution in [0.3, 0.4) is 0 Å². The highest BCUT2D eigenvalue weighted by Crippen LogP contribution is 2.28. The summed E-state index contributed by atoms with van der Waals surface area (Å²) >= 11 is 0. The van der Waals surface area contributed by atoms with Gasteiger partial charge in [0, 0.05) is 12.7 Å². The molecule has 0 atom stereocenters. The number of fused-ring (bicyclic) bond motifs is 1. The second kappa shape index (κ2) is 7.65. The Morgan fingerprint density at radius 3 is 2.88 bits per heavy atom. The number of methoxy groups -OCH3 is 1. The first-order valence-corrected chi connectivity index (χ1v) is 7.95. The van der Waals surface area contributed by atoms with Gasteiger partial charge in [-0.25, -0.2) is 4.98 Å². The molecule has 3 rings (SSSR count). The van der Waals surface area contributed by atoms with Crippen molar-refractivity contribution in [2.24, 2.45) is 0 Å². The Labute approximate surface area is 145 Å². The van der Waals surface area contributed by atoms with E-state index in [9.17, 15) is 9.59 Å². The van der Waals surface area contributed by atoms with Gasteiger partial charge in [-0.15, -0.1) is 0 Å². The first kappa shape index (κ1) is 16.8. The quantitative estimate of drug-likeness (QED) is 0.853. The maximum absolute atomic E-state index is 12.2. The predicted octanol–water partition coefficient (Wildman–Crippen LogP) is 1.17. The first-order chi connectivity index (χ1) is 12.2. The summed E-state index contributed by atoms with van der Waals surface area (Å²) in [6.07, 6.45) is 2.26. The molecule has 2 amide bonds. The molecule has 1 aliphatic rings. The fourth-order valence-corrected chi connectivity index (χ4v) is 2.53. The van der Waals surface area contributed by atoms with E-state index in [1.165, 1.54) is 4.90 Å². The predicted molar refractivity (Wildman–Crippen MR) is 91.8 cm³/mol. The minimum Gasteiger partial charge on any atom is -0.497 e. The number of aromatic nitrogens is 1. The third kappa shape index (κ3) is 4.06. The molecule has 0 bridgehead atoms. The van der Waals surface area contributed by atoms with Crippen molar-refractivity contribution < 1.29 is 19.1 Å². The van der Waals surface area contributed by atoms with Crippen LogP contribution in [0.2, 0.25) is 0 Å². The molecule has 2 heterocycles. The highest BCUT2D eigenvalue weighted by atomic mass is 16.5. The fourth-order valence-electron chi connectivity index (χ4n) is 2.53. The molecule has 7 heteroatoms. The van der Waals surface area contributed by atoms with Gasteiger partial charge in [-0.05, 0) is 36.2 Å². The summed E-state index contributed by atoms with van der Waals surface area (Å²) in [6, 6.07) is 11.1. The molecule has 0 saturated heterocycles. The minimum atomic E-state index is -0.281. The Morgan fingerprint density at radius 2 is 2.12 bits per heavy atom. The largest absolute Gasteiger partial charge is 0.497 e. The van der Waals surface area contributed by atoms with Crippen LogP contribution in [0.5, 0.6) is 11.5 Å². The molecule has 1 aromatic carbocycles. The lowest BCUT2D eigenvalue weighted by Crippen LogP contribution is -2.45. The molecule has 0 aliphatic carbocycles. The number of benzene rings is 1. The highest BCUT2D eigenvalue weighted by molar-refractivity contribution is 6.01. The van der Waals surface area contributed by atoms with Gasteiger partial charge in [-0.2, -0.15) is 0 Å². The molecule has 130 valence electrons. The number of hydrogen-bond acceptors (Lipinski definition) is 5. The third-order valence-corrected chi connectivity index (χ3v) is 3.86. The average molecular weight is 341 g/mol. The minimum absolute atomic E-state index is 0.0746. The molecule has 0 spiro atoms. The van der Waals surface area contributed by atoms with Gasteiger partial charge >= 0.3 is 0 Å². The van der Waals surface area contributed by atoms with Crippen LogP contribution in [0.25, 0.3) is 0 Å². The van der Waals surface area contributed by atoms with Crippen LogP contribution >= 0.6 is 0 Å². The smallest absolute Gasteiger partial charge is 0.266 e. The lowest BCUT2D eigenvalue weighted by atomic mass is 10.1. The van der Waals surface area contributed by atoms with Crippen molar-refractivity contribution in [2.45, 2.75) is 6.42 Å². The topological polar surface area (TPSA) is 80.8 Å². The van der Waals surface area contributed by atoms with Crippen LogP contribution in [-0.2, 0) is 16.0 Å². The van der Waals surface area contributed by atoms with E-state index in [1.54, 1.807) is 25.4 Å². The van der Waals surface area contributed by atoms with E-state index in [4.69, 9.17) is 9.47 Å². The molecule has 0 fully saturated rings. The summed E-state index contributed by atoms with van der Waals surface area (Å²) in [7, 11) is 1.62. The lowest BCUT2D eigenvalue weighted by molar-refractivity contribution is -0.125. The van der Waals surface area contributed by atoms with Crippen LogP contribution in [0.15, 0.2) is 42.6 Å². The number of carbonyl (C=O) groups excluding carboxylic acids is 2. The van der Waals surface area contributed by atoms with Gasteiger partial charge in [-0.3, -0.25) is 14.5 Å². The molecule has 1 N–H and O–H groups in total. The monoisotopic (exact) mass is 341 g/mol. The number of nitrogens with zero attached hydrogens (tertiary/aromatic N) is 2. The van der Waals surface area contributed by atoms with Gasteiger partial charge < -0.3 is 14.8 Å². The molecule has 1 aliphatic heterocycles. The molecule has 0 unspecified atom stereocenters. The van der Waals surface area contributed by atoms with Crippen LogP contribution in [-0.4, -0.2) is 43.6 Å². The van der Waals surface area contributed by atoms with E-state index in [1.807, 2.05) is 24.3 Å². The van der Waals surface area contributed by atoms with Gasteiger partial charge in [-0.1, -0.05) is 12.1 Å². The number of pyridine rings is 1. The third-order valence-electron chi connectivity index (χ3n) is 3.86. The fraction of sp³-hybridized carbons (Fsp3) is 0.278. The van der Waals surface area contributed by atoms with Crippen molar-refractivity contribution in [3.8, 4) is 11.5 Å². The van der Waals surface area contributed by atoms with Gasteiger partial charge in [0.25, 0.3) is 5.91 Å². The number of anilines is 1. The molecular weight excluding hydrogens is 322 g/mol. The van der Waals surface area contributed by atoms with Gasteiger partial charge in [0.05, 0.1) is 7.11 Å². The van der Waals surface area contributed by atoms with E-state index < -0.39 is 0 Å². The lowest BCUT2D eigenvalue weighted by Gasteiger charge is -2.27. The zero-order valence-corrected chi connectivity index (χ0v) is 13.9. The number of rotatable bonds is 6. The second-order valence-corrected chi connectivity index (χ2v) is 5.54. The molecule has 0 saturated carbocycles. The summed E-state index contributed by atoms with van der Waals surface area (Å²) < 4.78 is 10.4. The number of nitrogens with one attached hydrogen (secondary N) is 1. The maximum atomic E-state index is 12.2. The Kier molecular flexibility index (Phi) is 5.13. The normalized spacial score (nSPS) is 13.0. The van der Waals surface area contributed by atoms with Crippen LogP contribution in [0, 0.1) is 0 Å². The molecule has 0 radical (unpaired) electrons. The van der Waals surface area contributed by atoms with E-state index in [-0.39, 0.29) is 25.0 Å². The average Bonchev–Trinajstić information content (AvgIpc) is 2.65. The Morgan fingerprint density at radius 1 is 1.32 bits per heavy atom. The number of carbonyl (C=O) groups is 2. The number of hydrogen-bond donors (Lipinski definition) is 1. The first-order valence-electron chi connectivity index (χ1n) is 7.95. The number of ether oxygens (including phenoxy) is 2. The highest BCUT2D eigenvalue weighted by Gasteiger charge is 2.28. The SMILES string of the molecule is COc1ccc(CCNC(=O)CN2C(=O)COc3cccnc32)cc1. The van der Waals surface area contributed by atoms with E-state index >= 15 is 0 Å². The summed E-state index contributed by atoms with van der Waals surface area (Å²) in [5.41, 5.74) is 1.09. The van der Waals surface area contributed by atoms with Crippen LogP contribution in [0.4, 0.5) is 5.82 Å². The molecular formula is C18H19N3O4. The van der Waals surface area contributed by atoms with E-state index in [0.29, 0.717) is 24.5 Å². The van der Waals surface area contributed by atoms with Crippen LogP contribution < -0.4 is 19.7 Å². The van der Waals surface area contributed by atoms with Crippen molar-refractivity contribution in [3.05, 3.63) is 48.2 Å². The van der Waals surface area contributed by atoms with Crippen molar-refractivity contribution in [3.63, 3.8) is 0 Å². The van der Waals surface area contributed by atoms with Crippen LogP contribution in [0.1, 0.15) is 5.56 Å². The molecule has 25 heavy (non-hydrogen) atoms. The summed E-state index contributed by atoms with van der Waals surface area (Å²) in [6.45, 7) is 0.325. The van der Waals surface area contributed by atoms with Gasteiger partial charge in [0.1, 0.15) is 12.3 Å². The Balaban J connectivity index is 1.53. The standard InChI is InChI=1S/C18H19N3O4/c1-24-14-6-4-13(5-7-14)8-10-19-16(22)11-21-17(23)12-25-15-3-2-9-20-18(15)21/h2-7,9H,8,10-12H2,1H3,(H,19,22). The second-order valence-electron chi connectivity index (χ2n) is 5.54. The zero-order chi connectivity index (χ0) is 17.6. The van der Waals surface area contributed by atoms with E-state index in [2.05, 4.69) is 10.3 Å². The summed E-state index contributed by atoms with van der Waals surface area (Å²) in [5, 5.41) is 2.83. The summed E-state index contributed by atoms with van der Waals surface area (Å²) in [4.78, 5) is 29.7. The van der Waals surface area contributed by atoms with E-state index in [0.717, 1.165) is 11.3 Å². The number of amides is 2. The summed E-state index contributed by atoms with van der Waals surface area (Å²) in [5.74, 6) is 1.17. The molecule has 2 aromatic rings. The van der Waals surface area contributed by atoms with Crippen molar-refractivity contribution in [1.82, 2.24) is 10.3 Å². The molecule has 7 nitrogen and oxygen atoms in total. The maximum Gasteiger partial charge on any atom is 0.266 e. The van der Waals surface area contributed by atoms with Crippen molar-refractivity contribution in [1.29, 1.82) is 0 Å². The van der Waals surface area contributed by atoms with Gasteiger partial charge in [0.2, 0.25) is 5.91 Å². The van der Waals surface area contributed by atoms with Crippen molar-refractivity contribution >= 4 is 17.6 Å². The Hall–Kier alpha value is -3.09. The Bertz CT molecular complexity index is 761. The van der Waals surface area contributed by atoms with Crippen molar-refractivity contribution in [2.75, 3.05) is 31.7 Å². The zero-order valence-electron chi connectivity index (χ0n) is 13.9. The molecule has 1 aromatic heterocycles.